The monoisotopic (exact) mass is 359 g/mol. The fraction of sp³-hybridized carbons (Fsp3) is 0.625. The number of nitrogens with one attached hydrogen (secondary N) is 1. The second-order valence-corrected chi connectivity index (χ2v) is 5.54. The number of hydrogen-bond donors (Lipinski definition) is 1. The van der Waals surface area contributed by atoms with Gasteiger partial charge in [0.15, 0.2) is 11.5 Å². The van der Waals surface area contributed by atoms with Crippen LogP contribution in [-0.2, 0) is 11.3 Å². The molecule has 0 bridgehead atoms. The van der Waals surface area contributed by atoms with E-state index in [2.05, 4.69) is 34.2 Å². The van der Waals surface area contributed by atoms with E-state index in [1.807, 2.05) is 13.0 Å². The van der Waals surface area contributed by atoms with E-state index >= 15 is 0 Å². The van der Waals surface area contributed by atoms with Gasteiger partial charge >= 0.3 is 0 Å². The zero-order chi connectivity index (χ0) is 15.5. The van der Waals surface area contributed by atoms with E-state index in [1.54, 1.807) is 7.11 Å². The first-order valence-corrected chi connectivity index (χ1v) is 8.29. The maximum absolute atomic E-state index is 5.59. The minimum Gasteiger partial charge on any atom is -0.493 e. The lowest BCUT2D eigenvalue weighted by Crippen LogP contribution is -2.16. The Morgan fingerprint density at radius 3 is 2.67 bits per heavy atom. The molecule has 0 amide bonds. The summed E-state index contributed by atoms with van der Waals surface area (Å²) >= 11 is 3.54. The number of hydrogen-bond acceptors (Lipinski definition) is 4. The summed E-state index contributed by atoms with van der Waals surface area (Å²) in [6.07, 6.45) is 2.10. The van der Waals surface area contributed by atoms with E-state index in [0.29, 0.717) is 6.61 Å². The van der Waals surface area contributed by atoms with E-state index in [9.17, 15) is 0 Å². The lowest BCUT2D eigenvalue weighted by atomic mass is 10.2. The Hall–Kier alpha value is -0.780. The fourth-order valence-electron chi connectivity index (χ4n) is 1.94. The highest BCUT2D eigenvalue weighted by Crippen LogP contribution is 2.36. The zero-order valence-electron chi connectivity index (χ0n) is 13.2. The van der Waals surface area contributed by atoms with Crippen molar-refractivity contribution >= 4 is 15.9 Å². The van der Waals surface area contributed by atoms with Crippen molar-refractivity contribution in [3.8, 4) is 11.5 Å². The van der Waals surface area contributed by atoms with Gasteiger partial charge in [-0.15, -0.1) is 0 Å². The predicted molar refractivity (Wildman–Crippen MR) is 89.3 cm³/mol. The van der Waals surface area contributed by atoms with Gasteiger partial charge in [-0.05, 0) is 59.9 Å². The largest absolute Gasteiger partial charge is 0.493 e. The summed E-state index contributed by atoms with van der Waals surface area (Å²) in [5.41, 5.74) is 1.16. The Morgan fingerprint density at radius 1 is 1.19 bits per heavy atom. The van der Waals surface area contributed by atoms with Gasteiger partial charge in [0.1, 0.15) is 0 Å². The Balaban J connectivity index is 2.43. The van der Waals surface area contributed by atoms with Crippen molar-refractivity contribution in [2.75, 3.05) is 33.5 Å². The Bertz CT molecular complexity index is 413. The van der Waals surface area contributed by atoms with Crippen molar-refractivity contribution in [2.45, 2.75) is 33.2 Å². The van der Waals surface area contributed by atoms with Crippen LogP contribution in [0.3, 0.4) is 0 Å². The lowest BCUT2D eigenvalue weighted by Gasteiger charge is -2.13. The van der Waals surface area contributed by atoms with Gasteiger partial charge in [-0.1, -0.05) is 6.92 Å². The predicted octanol–water partition coefficient (Wildman–Crippen LogP) is 3.76. The molecule has 1 rings (SSSR count). The molecular formula is C16H26BrNO3. The van der Waals surface area contributed by atoms with Gasteiger partial charge in [0.25, 0.3) is 0 Å². The molecule has 0 heterocycles. The molecule has 120 valence electrons. The summed E-state index contributed by atoms with van der Waals surface area (Å²) in [5, 5.41) is 3.41. The van der Waals surface area contributed by atoms with Crippen LogP contribution in [0.4, 0.5) is 0 Å². The minimum atomic E-state index is 0.615. The molecule has 0 saturated heterocycles. The summed E-state index contributed by atoms with van der Waals surface area (Å²) in [7, 11) is 1.66. The highest BCUT2D eigenvalue weighted by atomic mass is 79.9. The molecule has 0 unspecified atom stereocenters. The number of ether oxygens (including phenoxy) is 3. The molecule has 1 N–H and O–H groups in total. The first-order valence-electron chi connectivity index (χ1n) is 7.50. The average molecular weight is 360 g/mol. The molecule has 4 nitrogen and oxygen atoms in total. The van der Waals surface area contributed by atoms with Crippen LogP contribution >= 0.6 is 15.9 Å². The SMILES string of the molecule is CCCOCCCNCc1cc(Br)c(OCC)c(OC)c1. The minimum absolute atomic E-state index is 0.615. The molecule has 1 aromatic carbocycles. The van der Waals surface area contributed by atoms with Crippen molar-refractivity contribution in [3.05, 3.63) is 22.2 Å². The van der Waals surface area contributed by atoms with Gasteiger partial charge in [0.05, 0.1) is 18.2 Å². The van der Waals surface area contributed by atoms with E-state index in [-0.39, 0.29) is 0 Å². The molecule has 0 aliphatic carbocycles. The van der Waals surface area contributed by atoms with Crippen molar-refractivity contribution < 1.29 is 14.2 Å². The fourth-order valence-corrected chi connectivity index (χ4v) is 2.54. The third-order valence-corrected chi connectivity index (χ3v) is 3.49. The van der Waals surface area contributed by atoms with Crippen LogP contribution < -0.4 is 14.8 Å². The van der Waals surface area contributed by atoms with E-state index < -0.39 is 0 Å². The number of rotatable bonds is 11. The van der Waals surface area contributed by atoms with Gasteiger partial charge in [0.2, 0.25) is 0 Å². The number of halogens is 1. The second-order valence-electron chi connectivity index (χ2n) is 4.68. The van der Waals surface area contributed by atoms with Gasteiger partial charge < -0.3 is 19.5 Å². The summed E-state index contributed by atoms with van der Waals surface area (Å²) < 4.78 is 17.3. The first kappa shape index (κ1) is 18.3. The van der Waals surface area contributed by atoms with E-state index in [1.165, 1.54) is 0 Å². The van der Waals surface area contributed by atoms with Crippen molar-refractivity contribution in [3.63, 3.8) is 0 Å². The molecule has 5 heteroatoms. The molecule has 0 aliphatic heterocycles. The Morgan fingerprint density at radius 2 is 2.00 bits per heavy atom. The molecule has 0 aliphatic rings. The first-order chi connectivity index (χ1) is 10.2. The molecule has 1 aromatic rings. The maximum atomic E-state index is 5.59. The number of methoxy groups -OCH3 is 1. The molecule has 0 fully saturated rings. The molecule has 0 spiro atoms. The quantitative estimate of drug-likeness (QED) is 0.610. The second kappa shape index (κ2) is 10.9. The maximum Gasteiger partial charge on any atom is 0.175 e. The standard InChI is InChI=1S/C16H26BrNO3/c1-4-8-20-9-6-7-18-12-13-10-14(17)16(21-5-2)15(11-13)19-3/h10-11,18H,4-9,12H2,1-3H3. The molecule has 0 radical (unpaired) electrons. The molecule has 0 saturated carbocycles. The van der Waals surface area contributed by atoms with Crippen LogP contribution in [0.1, 0.15) is 32.3 Å². The van der Waals surface area contributed by atoms with Crippen LogP contribution in [0.2, 0.25) is 0 Å². The van der Waals surface area contributed by atoms with Gasteiger partial charge in [0, 0.05) is 19.8 Å². The molecule has 0 aromatic heterocycles. The van der Waals surface area contributed by atoms with Gasteiger partial charge in [-0.3, -0.25) is 0 Å². The smallest absolute Gasteiger partial charge is 0.175 e. The van der Waals surface area contributed by atoms with E-state index in [4.69, 9.17) is 14.2 Å². The highest BCUT2D eigenvalue weighted by molar-refractivity contribution is 9.10. The van der Waals surface area contributed by atoms with Gasteiger partial charge in [-0.2, -0.15) is 0 Å². The summed E-state index contributed by atoms with van der Waals surface area (Å²) in [6.45, 7) is 8.11. The Labute approximate surface area is 136 Å². The van der Waals surface area contributed by atoms with Crippen molar-refractivity contribution in [1.82, 2.24) is 5.32 Å². The summed E-state index contributed by atoms with van der Waals surface area (Å²) in [6, 6.07) is 4.07. The van der Waals surface area contributed by atoms with Gasteiger partial charge in [-0.25, -0.2) is 0 Å². The van der Waals surface area contributed by atoms with Crippen LogP contribution in [0.25, 0.3) is 0 Å². The third kappa shape index (κ3) is 6.68. The third-order valence-electron chi connectivity index (χ3n) is 2.90. The van der Waals surface area contributed by atoms with E-state index in [0.717, 1.165) is 60.7 Å². The normalized spacial score (nSPS) is 10.7. The zero-order valence-corrected chi connectivity index (χ0v) is 14.8. The lowest BCUT2D eigenvalue weighted by molar-refractivity contribution is 0.132. The van der Waals surface area contributed by atoms with Crippen molar-refractivity contribution in [2.24, 2.45) is 0 Å². The van der Waals surface area contributed by atoms with Crippen LogP contribution in [0.5, 0.6) is 11.5 Å². The van der Waals surface area contributed by atoms with Crippen LogP contribution in [0.15, 0.2) is 16.6 Å². The topological polar surface area (TPSA) is 39.7 Å². The molecule has 0 atom stereocenters. The van der Waals surface area contributed by atoms with Crippen LogP contribution in [0, 0.1) is 0 Å². The van der Waals surface area contributed by atoms with Crippen LogP contribution in [-0.4, -0.2) is 33.5 Å². The molecule has 21 heavy (non-hydrogen) atoms. The van der Waals surface area contributed by atoms with Crippen molar-refractivity contribution in [1.29, 1.82) is 0 Å². The molecular weight excluding hydrogens is 334 g/mol. The summed E-state index contributed by atoms with van der Waals surface area (Å²) in [5.74, 6) is 1.52. The average Bonchev–Trinajstić information content (AvgIpc) is 2.48. The Kier molecular flexibility index (Phi) is 9.46. The summed E-state index contributed by atoms with van der Waals surface area (Å²) in [4.78, 5) is 0. The number of benzene rings is 1. The highest BCUT2D eigenvalue weighted by Gasteiger charge is 2.10.